The van der Waals surface area contributed by atoms with Crippen LogP contribution in [-0.4, -0.2) is 35.6 Å². The van der Waals surface area contributed by atoms with Gasteiger partial charge in [0.2, 0.25) is 0 Å². The van der Waals surface area contributed by atoms with E-state index < -0.39 is 12.2 Å². The molecule has 4 rings (SSSR count). The molecule has 0 amide bonds. The van der Waals surface area contributed by atoms with Crippen LogP contribution in [0.2, 0.25) is 0 Å². The predicted octanol–water partition coefficient (Wildman–Crippen LogP) is 4.46. The van der Waals surface area contributed by atoms with Gasteiger partial charge < -0.3 is 19.7 Å². The zero-order valence-corrected chi connectivity index (χ0v) is 17.4. The van der Waals surface area contributed by atoms with Gasteiger partial charge in [0, 0.05) is 21.9 Å². The van der Waals surface area contributed by atoms with Crippen LogP contribution in [0, 0.1) is 0 Å². The molecule has 1 saturated carbocycles. The molecule has 4 nitrogen and oxygen atoms in total. The molecule has 152 valence electrons. The lowest BCUT2D eigenvalue weighted by atomic mass is 9.78. The second-order valence-corrected chi connectivity index (χ2v) is 8.96. The van der Waals surface area contributed by atoms with Gasteiger partial charge >= 0.3 is 0 Å². The average molecular weight is 385 g/mol. The Balaban J connectivity index is 2.02. The van der Waals surface area contributed by atoms with Gasteiger partial charge in [-0.3, -0.25) is 0 Å². The Morgan fingerprint density at radius 2 is 1.79 bits per heavy atom. The molecule has 0 saturated heterocycles. The molecule has 4 unspecified atom stereocenters. The highest BCUT2D eigenvalue weighted by Crippen LogP contribution is 2.64. The van der Waals surface area contributed by atoms with E-state index in [0.29, 0.717) is 5.92 Å². The number of aliphatic hydroxyl groups excluding tert-OH is 2. The molecule has 0 radical (unpaired) electrons. The van der Waals surface area contributed by atoms with Gasteiger partial charge in [-0.25, -0.2) is 0 Å². The third kappa shape index (κ3) is 3.07. The van der Waals surface area contributed by atoms with Gasteiger partial charge in [-0.15, -0.1) is 0 Å². The van der Waals surface area contributed by atoms with Gasteiger partial charge in [-0.1, -0.05) is 32.0 Å². The molecule has 0 spiro atoms. The number of ether oxygens (including phenoxy) is 2. The number of fused-ring (bicyclic) bond motifs is 6. The fraction of sp³-hybridized carbons (Fsp3) is 0.583. The van der Waals surface area contributed by atoms with E-state index in [1.807, 2.05) is 0 Å². The summed E-state index contributed by atoms with van der Waals surface area (Å²) in [7, 11) is 0. The van der Waals surface area contributed by atoms with Gasteiger partial charge in [0.05, 0.1) is 12.2 Å². The third-order valence-corrected chi connectivity index (χ3v) is 6.44. The van der Waals surface area contributed by atoms with Gasteiger partial charge in [-0.05, 0) is 56.4 Å². The highest BCUT2D eigenvalue weighted by Gasteiger charge is 2.50. The van der Waals surface area contributed by atoms with E-state index in [0.717, 1.165) is 41.5 Å². The van der Waals surface area contributed by atoms with E-state index in [1.165, 1.54) is 23.1 Å². The fourth-order valence-electron chi connectivity index (χ4n) is 5.27. The minimum atomic E-state index is -0.516. The standard InChI is InChI=1S/C24H32O4/c1-5-16-7-6-8-18-19(16)23(28-13-15(3)26)20-17-9-10-24(4,11-17)21(20)22(18)27-12-14(2)25/h6-8,14-15,17,25-26H,5,9-13H2,1-4H3. The van der Waals surface area contributed by atoms with Crippen molar-refractivity contribution in [3.63, 3.8) is 0 Å². The van der Waals surface area contributed by atoms with Crippen LogP contribution in [0.25, 0.3) is 10.8 Å². The summed E-state index contributed by atoms with van der Waals surface area (Å²) >= 11 is 0. The lowest BCUT2D eigenvalue weighted by molar-refractivity contribution is 0.120. The Bertz CT molecular complexity index is 886. The van der Waals surface area contributed by atoms with Crippen LogP contribution in [0.15, 0.2) is 18.2 Å². The van der Waals surface area contributed by atoms with Crippen LogP contribution in [0.5, 0.6) is 11.5 Å². The molecule has 28 heavy (non-hydrogen) atoms. The molecule has 2 aliphatic carbocycles. The van der Waals surface area contributed by atoms with Crippen LogP contribution in [0.1, 0.15) is 69.6 Å². The van der Waals surface area contributed by atoms with Crippen LogP contribution in [-0.2, 0) is 11.8 Å². The van der Waals surface area contributed by atoms with E-state index in [9.17, 15) is 10.2 Å². The SMILES string of the molecule is CCc1cccc2c(OCC(C)O)c3c(c(OCC(C)O)c12)C1CCC3(C)C1. The Morgan fingerprint density at radius 1 is 1.11 bits per heavy atom. The van der Waals surface area contributed by atoms with Crippen LogP contribution in [0.3, 0.4) is 0 Å². The van der Waals surface area contributed by atoms with Crippen LogP contribution >= 0.6 is 0 Å². The fourth-order valence-corrected chi connectivity index (χ4v) is 5.27. The topological polar surface area (TPSA) is 58.9 Å². The maximum atomic E-state index is 9.87. The van der Waals surface area contributed by atoms with Gasteiger partial charge in [0.15, 0.2) is 0 Å². The lowest BCUT2D eigenvalue weighted by Gasteiger charge is -2.31. The smallest absolute Gasteiger partial charge is 0.131 e. The van der Waals surface area contributed by atoms with Crippen molar-refractivity contribution in [3.05, 3.63) is 34.9 Å². The molecule has 4 atom stereocenters. The van der Waals surface area contributed by atoms with E-state index in [1.54, 1.807) is 13.8 Å². The number of hydrogen-bond donors (Lipinski definition) is 2. The second kappa shape index (κ2) is 7.23. The van der Waals surface area contributed by atoms with E-state index in [-0.39, 0.29) is 18.6 Å². The molecular weight excluding hydrogens is 352 g/mol. The molecule has 2 aliphatic rings. The number of benzene rings is 2. The van der Waals surface area contributed by atoms with Crippen molar-refractivity contribution in [2.75, 3.05) is 13.2 Å². The molecule has 2 bridgehead atoms. The van der Waals surface area contributed by atoms with E-state index in [4.69, 9.17) is 9.47 Å². The number of rotatable bonds is 7. The highest BCUT2D eigenvalue weighted by molar-refractivity contribution is 5.99. The average Bonchev–Trinajstić information content (AvgIpc) is 3.18. The summed E-state index contributed by atoms with van der Waals surface area (Å²) in [6.45, 7) is 8.58. The predicted molar refractivity (Wildman–Crippen MR) is 112 cm³/mol. The monoisotopic (exact) mass is 384 g/mol. The minimum Gasteiger partial charge on any atom is -0.490 e. The summed E-state index contributed by atoms with van der Waals surface area (Å²) < 4.78 is 12.6. The first-order valence-corrected chi connectivity index (χ1v) is 10.6. The maximum Gasteiger partial charge on any atom is 0.131 e. The molecule has 0 aliphatic heterocycles. The van der Waals surface area contributed by atoms with Crippen LogP contribution < -0.4 is 9.47 Å². The summed E-state index contributed by atoms with van der Waals surface area (Å²) in [6, 6.07) is 6.34. The van der Waals surface area contributed by atoms with Crippen molar-refractivity contribution >= 4 is 10.8 Å². The van der Waals surface area contributed by atoms with Crippen molar-refractivity contribution in [2.24, 2.45) is 0 Å². The highest BCUT2D eigenvalue weighted by atomic mass is 16.5. The van der Waals surface area contributed by atoms with Gasteiger partial charge in [0.1, 0.15) is 24.7 Å². The first-order valence-electron chi connectivity index (χ1n) is 10.6. The molecule has 2 aromatic rings. The molecular formula is C24H32O4. The molecule has 0 aromatic heterocycles. The van der Waals surface area contributed by atoms with Gasteiger partial charge in [-0.2, -0.15) is 0 Å². The third-order valence-electron chi connectivity index (χ3n) is 6.44. The van der Waals surface area contributed by atoms with Crippen molar-refractivity contribution in [1.29, 1.82) is 0 Å². The summed E-state index contributed by atoms with van der Waals surface area (Å²) in [6.07, 6.45) is 3.32. The number of hydrogen-bond acceptors (Lipinski definition) is 4. The molecule has 1 fully saturated rings. The molecule has 0 heterocycles. The summed E-state index contributed by atoms with van der Waals surface area (Å²) in [4.78, 5) is 0. The Labute approximate surface area is 167 Å². The number of aliphatic hydroxyl groups is 2. The maximum absolute atomic E-state index is 9.87. The summed E-state index contributed by atoms with van der Waals surface area (Å²) in [5.41, 5.74) is 3.87. The zero-order chi connectivity index (χ0) is 20.1. The molecule has 4 heteroatoms. The molecule has 2 N–H and O–H groups in total. The number of aryl methyl sites for hydroxylation is 1. The Hall–Kier alpha value is -1.78. The largest absolute Gasteiger partial charge is 0.490 e. The van der Waals surface area contributed by atoms with Crippen molar-refractivity contribution in [1.82, 2.24) is 0 Å². The van der Waals surface area contributed by atoms with E-state index >= 15 is 0 Å². The summed E-state index contributed by atoms with van der Waals surface area (Å²) in [5, 5.41) is 21.9. The summed E-state index contributed by atoms with van der Waals surface area (Å²) in [5.74, 6) is 2.35. The minimum absolute atomic E-state index is 0.0907. The van der Waals surface area contributed by atoms with Gasteiger partial charge in [0.25, 0.3) is 0 Å². The lowest BCUT2D eigenvalue weighted by Crippen LogP contribution is -2.22. The van der Waals surface area contributed by atoms with Crippen LogP contribution in [0.4, 0.5) is 0 Å². The van der Waals surface area contributed by atoms with Crippen molar-refractivity contribution in [2.45, 2.75) is 76.9 Å². The second-order valence-electron chi connectivity index (χ2n) is 8.96. The normalized spacial score (nSPS) is 25.0. The molecule has 2 aromatic carbocycles. The van der Waals surface area contributed by atoms with Crippen molar-refractivity contribution in [3.8, 4) is 11.5 Å². The Morgan fingerprint density at radius 3 is 2.43 bits per heavy atom. The first kappa shape index (κ1) is 19.5. The Kier molecular flexibility index (Phi) is 5.05. The zero-order valence-electron chi connectivity index (χ0n) is 17.4. The first-order chi connectivity index (χ1) is 13.4. The van der Waals surface area contributed by atoms with Crippen molar-refractivity contribution < 1.29 is 19.7 Å². The quantitative estimate of drug-likeness (QED) is 0.740. The van der Waals surface area contributed by atoms with E-state index in [2.05, 4.69) is 32.0 Å².